The molecule has 48 heavy (non-hydrogen) atoms. The molecule has 0 aliphatic carbocycles. The molecule has 245 valence electrons. The van der Waals surface area contributed by atoms with E-state index in [0.717, 1.165) is 57.3 Å². The molecule has 5 heteroatoms. The van der Waals surface area contributed by atoms with Crippen LogP contribution < -0.4 is 5.19 Å². The van der Waals surface area contributed by atoms with Crippen molar-refractivity contribution in [1.29, 1.82) is 0 Å². The third-order valence-corrected chi connectivity index (χ3v) is 10.5. The monoisotopic (exact) mass is 823 g/mol. The van der Waals surface area contributed by atoms with E-state index in [1.165, 1.54) is 27.4 Å². The summed E-state index contributed by atoms with van der Waals surface area (Å²) in [5.41, 5.74) is 10.9. The Morgan fingerprint density at radius 3 is 2.17 bits per heavy atom. The molecule has 0 N–H and O–H groups in total. The maximum absolute atomic E-state index is 6.16. The number of aryl methyl sites for hydroxylation is 1. The quantitative estimate of drug-likeness (QED) is 0.119. The van der Waals surface area contributed by atoms with Crippen LogP contribution in [0.15, 0.2) is 120 Å². The van der Waals surface area contributed by atoms with Gasteiger partial charge in [-0.1, -0.05) is 111 Å². The Morgan fingerprint density at radius 1 is 0.729 bits per heavy atom. The molecule has 0 saturated carbocycles. The summed E-state index contributed by atoms with van der Waals surface area (Å²) in [6.07, 6.45) is 6.07. The minimum absolute atomic E-state index is 0. The number of nitrogens with zero attached hydrogens (tertiary/aromatic N) is 2. The van der Waals surface area contributed by atoms with E-state index in [9.17, 15) is 0 Å². The van der Waals surface area contributed by atoms with Gasteiger partial charge in [0, 0.05) is 37.9 Å². The van der Waals surface area contributed by atoms with Gasteiger partial charge in [-0.3, -0.25) is 0 Å². The van der Waals surface area contributed by atoms with E-state index in [2.05, 4.69) is 123 Å². The molecule has 3 nitrogen and oxygen atoms in total. The molecule has 0 atom stereocenters. The summed E-state index contributed by atoms with van der Waals surface area (Å²) in [5.74, 6) is 0.667. The SMILES string of the molecule is CC(C)Cc1cc(-c2[c-]cccc2)ncc1[Si](C)(C)C.Cc1cnc(-c2[c-]ccc3c2oc2ccccc23)cc1Cc1ccccc1.[Ir]. The van der Waals surface area contributed by atoms with Crippen molar-refractivity contribution in [2.45, 2.75) is 53.3 Å². The van der Waals surface area contributed by atoms with Crippen LogP contribution >= 0.6 is 0 Å². The molecular weight excluding hydrogens is 781 g/mol. The first-order chi connectivity index (χ1) is 22.7. The zero-order chi connectivity index (χ0) is 33.0. The summed E-state index contributed by atoms with van der Waals surface area (Å²) in [5, 5.41) is 3.72. The predicted molar refractivity (Wildman–Crippen MR) is 200 cm³/mol. The van der Waals surface area contributed by atoms with E-state index in [1.54, 1.807) is 0 Å². The fourth-order valence-corrected chi connectivity index (χ4v) is 7.66. The van der Waals surface area contributed by atoms with Gasteiger partial charge in [0.05, 0.1) is 13.7 Å². The number of aromatic nitrogens is 2. The molecule has 0 aliphatic heterocycles. The Hall–Kier alpha value is -4.15. The Labute approximate surface area is 299 Å². The second kappa shape index (κ2) is 15.4. The van der Waals surface area contributed by atoms with E-state index >= 15 is 0 Å². The van der Waals surface area contributed by atoms with Crippen molar-refractivity contribution < 1.29 is 24.5 Å². The van der Waals surface area contributed by atoms with Crippen LogP contribution in [0.5, 0.6) is 0 Å². The van der Waals surface area contributed by atoms with Gasteiger partial charge in [-0.15, -0.1) is 54.1 Å². The fraction of sp³-hybridized carbons (Fsp3) is 0.209. The summed E-state index contributed by atoms with van der Waals surface area (Å²) in [4.78, 5) is 9.37. The summed E-state index contributed by atoms with van der Waals surface area (Å²) < 4.78 is 6.16. The number of fused-ring (bicyclic) bond motifs is 3. The second-order valence-electron chi connectivity index (χ2n) is 13.7. The topological polar surface area (TPSA) is 38.9 Å². The number of hydrogen-bond acceptors (Lipinski definition) is 3. The van der Waals surface area contributed by atoms with Gasteiger partial charge in [0.15, 0.2) is 0 Å². The molecule has 0 unspecified atom stereocenters. The minimum atomic E-state index is -1.34. The first kappa shape index (κ1) is 35.2. The number of pyridine rings is 2. The van der Waals surface area contributed by atoms with Gasteiger partial charge in [0.1, 0.15) is 5.58 Å². The predicted octanol–water partition coefficient (Wildman–Crippen LogP) is 10.6. The van der Waals surface area contributed by atoms with Crippen molar-refractivity contribution in [2.75, 3.05) is 0 Å². The van der Waals surface area contributed by atoms with Crippen LogP contribution in [0.25, 0.3) is 44.5 Å². The molecule has 0 spiro atoms. The average molecular weight is 823 g/mol. The van der Waals surface area contributed by atoms with Crippen molar-refractivity contribution in [3.63, 3.8) is 0 Å². The molecule has 0 aliphatic rings. The van der Waals surface area contributed by atoms with Crippen LogP contribution in [0.1, 0.15) is 36.1 Å². The van der Waals surface area contributed by atoms with Gasteiger partial charge in [0.25, 0.3) is 0 Å². The Kier molecular flexibility index (Phi) is 11.3. The Balaban J connectivity index is 0.000000193. The molecule has 0 saturated heterocycles. The molecular formula is C43H42IrN2OSi-2. The first-order valence-corrected chi connectivity index (χ1v) is 20.0. The summed E-state index contributed by atoms with van der Waals surface area (Å²) in [6, 6.07) is 41.8. The largest absolute Gasteiger partial charge is 0.501 e. The van der Waals surface area contributed by atoms with Crippen LogP contribution in [0.4, 0.5) is 0 Å². The standard InChI is InChI=1S/C25H18NO.C18H24NSi.Ir/c1-17-16-26-23(15-19(17)14-18-8-3-2-4-9-18)22-12-7-11-21-20-10-5-6-13-24(20)27-25(21)22;1-14(2)11-16-12-17(15-9-7-6-8-10-15)19-13-18(16)20(3,4)5;/h2-11,13,15-16H,14H2,1H3;6-9,12-14H,11H2,1-5H3;/q2*-1;. The molecule has 7 aromatic rings. The zero-order valence-corrected chi connectivity index (χ0v) is 32.0. The smallest absolute Gasteiger partial charge is 0.120 e. The second-order valence-corrected chi connectivity index (χ2v) is 18.7. The zero-order valence-electron chi connectivity index (χ0n) is 28.6. The van der Waals surface area contributed by atoms with Gasteiger partial charge in [-0.25, -0.2) is 0 Å². The van der Waals surface area contributed by atoms with Gasteiger partial charge in [0.2, 0.25) is 0 Å². The molecule has 0 bridgehead atoms. The van der Waals surface area contributed by atoms with Gasteiger partial charge >= 0.3 is 0 Å². The maximum Gasteiger partial charge on any atom is 0.120 e. The number of benzene rings is 4. The van der Waals surface area contributed by atoms with Crippen LogP contribution in [0, 0.1) is 25.0 Å². The number of furan rings is 1. The van der Waals surface area contributed by atoms with E-state index in [4.69, 9.17) is 4.42 Å². The van der Waals surface area contributed by atoms with Gasteiger partial charge in [-0.2, -0.15) is 0 Å². The van der Waals surface area contributed by atoms with Crippen molar-refractivity contribution in [3.05, 3.63) is 150 Å². The number of para-hydroxylation sites is 1. The summed E-state index contributed by atoms with van der Waals surface area (Å²) in [6.45, 7) is 13.8. The normalized spacial score (nSPS) is 11.3. The van der Waals surface area contributed by atoms with E-state index in [0.29, 0.717) is 5.92 Å². The third kappa shape index (κ3) is 8.10. The van der Waals surface area contributed by atoms with E-state index < -0.39 is 8.07 Å². The van der Waals surface area contributed by atoms with Crippen LogP contribution in [-0.4, -0.2) is 18.0 Å². The summed E-state index contributed by atoms with van der Waals surface area (Å²) >= 11 is 0. The van der Waals surface area contributed by atoms with E-state index in [-0.39, 0.29) is 20.1 Å². The third-order valence-electron chi connectivity index (χ3n) is 8.46. The van der Waals surface area contributed by atoms with Crippen molar-refractivity contribution in [2.24, 2.45) is 5.92 Å². The fourth-order valence-electron chi connectivity index (χ4n) is 6.07. The molecule has 3 heterocycles. The minimum Gasteiger partial charge on any atom is -0.501 e. The first-order valence-electron chi connectivity index (χ1n) is 16.5. The molecule has 0 amide bonds. The molecule has 4 aromatic carbocycles. The molecule has 3 aromatic heterocycles. The van der Waals surface area contributed by atoms with E-state index in [1.807, 2.05) is 54.7 Å². The Bertz CT molecular complexity index is 2120. The molecule has 0 fully saturated rings. The van der Waals surface area contributed by atoms with Crippen LogP contribution in [0.3, 0.4) is 0 Å². The van der Waals surface area contributed by atoms with Crippen LogP contribution in [-0.2, 0) is 32.9 Å². The number of rotatable bonds is 7. The Morgan fingerprint density at radius 2 is 1.44 bits per heavy atom. The van der Waals surface area contributed by atoms with Crippen molar-refractivity contribution in [1.82, 2.24) is 9.97 Å². The molecule has 7 rings (SSSR count). The maximum atomic E-state index is 6.16. The molecule has 1 radical (unpaired) electrons. The summed E-state index contributed by atoms with van der Waals surface area (Å²) in [7, 11) is -1.34. The average Bonchev–Trinajstić information content (AvgIpc) is 3.45. The van der Waals surface area contributed by atoms with Crippen molar-refractivity contribution >= 4 is 35.2 Å². The van der Waals surface area contributed by atoms with Gasteiger partial charge < -0.3 is 14.4 Å². The van der Waals surface area contributed by atoms with Crippen LogP contribution in [0.2, 0.25) is 19.6 Å². The van der Waals surface area contributed by atoms with Gasteiger partial charge in [-0.05, 0) is 65.0 Å². The number of hydrogen-bond donors (Lipinski definition) is 0. The van der Waals surface area contributed by atoms with Crippen molar-refractivity contribution in [3.8, 4) is 22.5 Å².